The lowest BCUT2D eigenvalue weighted by molar-refractivity contribution is 0.180. The molecule has 0 aliphatic carbocycles. The van der Waals surface area contributed by atoms with E-state index in [0.717, 1.165) is 18.9 Å². The summed E-state index contributed by atoms with van der Waals surface area (Å²) in [6.45, 7) is 2.40. The predicted molar refractivity (Wildman–Crippen MR) is 70.8 cm³/mol. The van der Waals surface area contributed by atoms with Gasteiger partial charge >= 0.3 is 0 Å². The van der Waals surface area contributed by atoms with Crippen molar-refractivity contribution in [2.75, 3.05) is 13.2 Å². The Morgan fingerprint density at radius 1 is 1.22 bits per heavy atom. The molecule has 0 aliphatic heterocycles. The van der Waals surface area contributed by atoms with Gasteiger partial charge in [0.15, 0.2) is 0 Å². The Labute approximate surface area is 108 Å². The van der Waals surface area contributed by atoms with E-state index < -0.39 is 0 Å². The van der Waals surface area contributed by atoms with E-state index in [4.69, 9.17) is 5.11 Å². The van der Waals surface area contributed by atoms with Gasteiger partial charge < -0.3 is 9.67 Å². The molecular weight excluding hydrogens is 226 g/mol. The minimum Gasteiger partial charge on any atom is -0.395 e. The van der Waals surface area contributed by atoms with E-state index in [1.54, 1.807) is 6.20 Å². The number of hydrogen-bond donors (Lipinski definition) is 1. The van der Waals surface area contributed by atoms with Crippen molar-refractivity contribution in [2.45, 2.75) is 13.1 Å². The van der Waals surface area contributed by atoms with Crippen LogP contribution in [0, 0.1) is 0 Å². The zero-order valence-electron chi connectivity index (χ0n) is 10.7. The van der Waals surface area contributed by atoms with Crippen molar-refractivity contribution >= 4 is 0 Å². The smallest absolute Gasteiger partial charge is 0.122 e. The van der Waals surface area contributed by atoms with E-state index in [1.165, 1.54) is 5.56 Å². The van der Waals surface area contributed by atoms with Crippen LogP contribution in [0.5, 0.6) is 0 Å². The lowest BCUT2D eigenvalue weighted by Crippen LogP contribution is -2.27. The highest BCUT2D eigenvalue weighted by molar-refractivity contribution is 5.14. The van der Waals surface area contributed by atoms with Gasteiger partial charge in [-0.3, -0.25) is 4.90 Å². The first-order chi connectivity index (χ1) is 8.79. The van der Waals surface area contributed by atoms with E-state index in [1.807, 2.05) is 36.0 Å². The zero-order chi connectivity index (χ0) is 12.8. The van der Waals surface area contributed by atoms with Gasteiger partial charge in [-0.05, 0) is 5.56 Å². The molecule has 1 N–H and O–H groups in total. The summed E-state index contributed by atoms with van der Waals surface area (Å²) < 4.78 is 2.01. The summed E-state index contributed by atoms with van der Waals surface area (Å²) >= 11 is 0. The summed E-state index contributed by atoms with van der Waals surface area (Å²) in [5, 5.41) is 9.14. The van der Waals surface area contributed by atoms with E-state index >= 15 is 0 Å². The average molecular weight is 245 g/mol. The molecule has 2 rings (SSSR count). The second-order valence-electron chi connectivity index (χ2n) is 4.37. The van der Waals surface area contributed by atoms with Gasteiger partial charge in [-0.2, -0.15) is 0 Å². The van der Waals surface area contributed by atoms with Crippen LogP contribution in [0.15, 0.2) is 42.7 Å². The summed E-state index contributed by atoms with van der Waals surface area (Å²) in [7, 11) is 1.99. The summed E-state index contributed by atoms with van der Waals surface area (Å²) in [5.74, 6) is 1.01. The van der Waals surface area contributed by atoms with Crippen molar-refractivity contribution in [3.8, 4) is 0 Å². The maximum Gasteiger partial charge on any atom is 0.122 e. The fraction of sp³-hybridized carbons (Fsp3) is 0.357. The fourth-order valence-electron chi connectivity index (χ4n) is 1.95. The van der Waals surface area contributed by atoms with Crippen molar-refractivity contribution in [1.29, 1.82) is 0 Å². The largest absolute Gasteiger partial charge is 0.395 e. The van der Waals surface area contributed by atoms with Crippen molar-refractivity contribution < 1.29 is 5.11 Å². The molecule has 0 aliphatic rings. The summed E-state index contributed by atoms with van der Waals surface area (Å²) in [6.07, 6.45) is 3.74. The molecular formula is C14H19N3O. The summed E-state index contributed by atoms with van der Waals surface area (Å²) in [6, 6.07) is 10.3. The maximum absolute atomic E-state index is 9.14. The van der Waals surface area contributed by atoms with Crippen LogP contribution in [0.1, 0.15) is 11.4 Å². The van der Waals surface area contributed by atoms with Crippen LogP contribution in [0.25, 0.3) is 0 Å². The summed E-state index contributed by atoms with van der Waals surface area (Å²) in [4.78, 5) is 6.51. The lowest BCUT2D eigenvalue weighted by atomic mass is 10.2. The van der Waals surface area contributed by atoms with Crippen LogP contribution in [-0.4, -0.2) is 32.7 Å². The van der Waals surface area contributed by atoms with E-state index in [9.17, 15) is 0 Å². The molecule has 1 aromatic heterocycles. The number of aliphatic hydroxyl groups excluding tert-OH is 1. The Morgan fingerprint density at radius 2 is 2.00 bits per heavy atom. The SMILES string of the molecule is Cn1ccnc1CN(CCO)Cc1ccccc1. The molecule has 1 aromatic carbocycles. The molecule has 96 valence electrons. The number of aromatic nitrogens is 2. The van der Waals surface area contributed by atoms with Crippen molar-refractivity contribution in [2.24, 2.45) is 7.05 Å². The van der Waals surface area contributed by atoms with Gasteiger partial charge in [-0.25, -0.2) is 4.98 Å². The Hall–Kier alpha value is -1.65. The Bertz CT molecular complexity index is 467. The Balaban J connectivity index is 2.02. The molecule has 0 amide bonds. The second kappa shape index (κ2) is 6.33. The van der Waals surface area contributed by atoms with Crippen molar-refractivity contribution in [3.05, 3.63) is 54.1 Å². The van der Waals surface area contributed by atoms with Gasteiger partial charge in [0, 0.05) is 32.5 Å². The molecule has 0 fully saturated rings. The molecule has 1 heterocycles. The van der Waals surface area contributed by atoms with Gasteiger partial charge in [0.1, 0.15) is 5.82 Å². The zero-order valence-corrected chi connectivity index (χ0v) is 10.7. The molecule has 0 bridgehead atoms. The fourth-order valence-corrected chi connectivity index (χ4v) is 1.95. The van der Waals surface area contributed by atoms with Crippen LogP contribution < -0.4 is 0 Å². The molecule has 0 saturated heterocycles. The third-order valence-corrected chi connectivity index (χ3v) is 2.95. The van der Waals surface area contributed by atoms with Crippen LogP contribution in [0.2, 0.25) is 0 Å². The van der Waals surface area contributed by atoms with Gasteiger partial charge in [-0.1, -0.05) is 30.3 Å². The normalized spacial score (nSPS) is 11.1. The maximum atomic E-state index is 9.14. The lowest BCUT2D eigenvalue weighted by Gasteiger charge is -2.21. The molecule has 2 aromatic rings. The first kappa shape index (κ1) is 12.8. The van der Waals surface area contributed by atoms with Crippen LogP contribution in [0.3, 0.4) is 0 Å². The first-order valence-electron chi connectivity index (χ1n) is 6.13. The number of imidazole rings is 1. The predicted octanol–water partition coefficient (Wildman–Crippen LogP) is 1.41. The second-order valence-corrected chi connectivity index (χ2v) is 4.37. The third kappa shape index (κ3) is 3.42. The third-order valence-electron chi connectivity index (χ3n) is 2.95. The number of hydrogen-bond acceptors (Lipinski definition) is 3. The number of aliphatic hydroxyl groups is 1. The van der Waals surface area contributed by atoms with Gasteiger partial charge in [0.2, 0.25) is 0 Å². The Kier molecular flexibility index (Phi) is 4.50. The van der Waals surface area contributed by atoms with E-state index in [-0.39, 0.29) is 6.61 Å². The van der Waals surface area contributed by atoms with Gasteiger partial charge in [0.05, 0.1) is 13.2 Å². The Morgan fingerprint density at radius 3 is 2.61 bits per heavy atom. The highest BCUT2D eigenvalue weighted by atomic mass is 16.3. The highest BCUT2D eigenvalue weighted by Crippen LogP contribution is 2.08. The molecule has 0 unspecified atom stereocenters. The number of rotatable bonds is 6. The molecule has 18 heavy (non-hydrogen) atoms. The molecule has 0 radical (unpaired) electrons. The standard InChI is InChI=1S/C14H19N3O/c1-16-8-7-15-14(16)12-17(9-10-18)11-13-5-3-2-4-6-13/h2-8,18H,9-12H2,1H3. The highest BCUT2D eigenvalue weighted by Gasteiger charge is 2.09. The quantitative estimate of drug-likeness (QED) is 0.836. The number of benzene rings is 1. The summed E-state index contributed by atoms with van der Waals surface area (Å²) in [5.41, 5.74) is 1.25. The van der Waals surface area contributed by atoms with E-state index in [0.29, 0.717) is 6.54 Å². The molecule has 0 atom stereocenters. The van der Waals surface area contributed by atoms with Crippen LogP contribution in [-0.2, 0) is 20.1 Å². The molecule has 0 saturated carbocycles. The monoisotopic (exact) mass is 245 g/mol. The van der Waals surface area contributed by atoms with Crippen molar-refractivity contribution in [3.63, 3.8) is 0 Å². The first-order valence-corrected chi connectivity index (χ1v) is 6.13. The minimum atomic E-state index is 0.164. The average Bonchev–Trinajstić information content (AvgIpc) is 2.77. The van der Waals surface area contributed by atoms with Crippen LogP contribution >= 0.6 is 0 Å². The topological polar surface area (TPSA) is 41.3 Å². The van der Waals surface area contributed by atoms with Crippen LogP contribution in [0.4, 0.5) is 0 Å². The molecule has 4 nitrogen and oxygen atoms in total. The van der Waals surface area contributed by atoms with Gasteiger partial charge in [0.25, 0.3) is 0 Å². The minimum absolute atomic E-state index is 0.164. The molecule has 4 heteroatoms. The number of nitrogens with zero attached hydrogens (tertiary/aromatic N) is 3. The van der Waals surface area contributed by atoms with Gasteiger partial charge in [-0.15, -0.1) is 0 Å². The molecule has 0 spiro atoms. The van der Waals surface area contributed by atoms with E-state index in [2.05, 4.69) is 22.0 Å². The van der Waals surface area contributed by atoms with Crippen molar-refractivity contribution in [1.82, 2.24) is 14.5 Å². The number of aryl methyl sites for hydroxylation is 1.